The Morgan fingerprint density at radius 1 is 1.30 bits per heavy atom. The Hall–Kier alpha value is -1.94. The number of carbonyl (C=O) groups is 1. The Bertz CT molecular complexity index is 650. The molecule has 0 fully saturated rings. The number of ether oxygens (including phenoxy) is 1. The summed E-state index contributed by atoms with van der Waals surface area (Å²) in [5, 5.41) is 2.43. The molecule has 1 unspecified atom stereocenters. The molecular formula is C15H14ClNO3. The second-order valence-electron chi connectivity index (χ2n) is 4.71. The van der Waals surface area contributed by atoms with Crippen molar-refractivity contribution in [2.24, 2.45) is 0 Å². The molecule has 4 nitrogen and oxygen atoms in total. The summed E-state index contributed by atoms with van der Waals surface area (Å²) in [6, 6.07) is 7.32. The zero-order valence-corrected chi connectivity index (χ0v) is 11.7. The van der Waals surface area contributed by atoms with Crippen LogP contribution in [0, 0.1) is 6.92 Å². The number of nitrogens with one attached hydrogen (secondary N) is 1. The fourth-order valence-electron chi connectivity index (χ4n) is 2.22. The number of alkyl halides is 1. The second-order valence-corrected chi connectivity index (χ2v) is 5.15. The summed E-state index contributed by atoms with van der Waals surface area (Å²) >= 11 is 6.44. The third kappa shape index (κ3) is 2.39. The minimum atomic E-state index is -0.353. The van der Waals surface area contributed by atoms with Crippen molar-refractivity contribution in [3.63, 3.8) is 0 Å². The SMILES string of the molecule is Cc1cc(C(Cl)c2ccc3c(c2)C(=O)NCCO3)co1. The molecule has 0 saturated heterocycles. The van der Waals surface area contributed by atoms with Gasteiger partial charge in [0.1, 0.15) is 18.1 Å². The van der Waals surface area contributed by atoms with Gasteiger partial charge in [-0.2, -0.15) is 0 Å². The monoisotopic (exact) mass is 291 g/mol. The average Bonchev–Trinajstić information content (AvgIpc) is 2.80. The fraction of sp³-hybridized carbons (Fsp3) is 0.267. The maximum absolute atomic E-state index is 12.0. The molecule has 104 valence electrons. The zero-order valence-electron chi connectivity index (χ0n) is 11.0. The number of rotatable bonds is 2. The van der Waals surface area contributed by atoms with Gasteiger partial charge in [0.25, 0.3) is 5.91 Å². The van der Waals surface area contributed by atoms with Crippen LogP contribution in [0.5, 0.6) is 5.75 Å². The van der Waals surface area contributed by atoms with Crippen LogP contribution in [0.15, 0.2) is 34.9 Å². The van der Waals surface area contributed by atoms with Crippen LogP contribution in [0.2, 0.25) is 0 Å². The summed E-state index contributed by atoms with van der Waals surface area (Å²) in [7, 11) is 0. The first kappa shape index (κ1) is 13.1. The highest BCUT2D eigenvalue weighted by molar-refractivity contribution is 6.22. The second kappa shape index (κ2) is 5.21. The minimum absolute atomic E-state index is 0.133. The normalized spacial score (nSPS) is 15.8. The molecule has 1 aromatic carbocycles. The number of fused-ring (bicyclic) bond motifs is 1. The standard InChI is InChI=1S/C15H14ClNO3/c1-9-6-11(8-20-9)14(16)10-2-3-13-12(7-10)15(18)17-4-5-19-13/h2-3,6-8,14H,4-5H2,1H3,(H,17,18). The number of benzene rings is 1. The van der Waals surface area contributed by atoms with E-state index in [0.29, 0.717) is 24.5 Å². The van der Waals surface area contributed by atoms with Crippen LogP contribution >= 0.6 is 11.6 Å². The number of aryl methyl sites for hydroxylation is 1. The van der Waals surface area contributed by atoms with Gasteiger partial charge in [-0.25, -0.2) is 0 Å². The number of hydrogen-bond acceptors (Lipinski definition) is 3. The van der Waals surface area contributed by atoms with Gasteiger partial charge < -0.3 is 14.5 Å². The van der Waals surface area contributed by atoms with E-state index in [1.165, 1.54) is 0 Å². The molecule has 1 N–H and O–H groups in total. The van der Waals surface area contributed by atoms with Crippen molar-refractivity contribution in [2.75, 3.05) is 13.2 Å². The molecule has 0 bridgehead atoms. The van der Waals surface area contributed by atoms with Crippen molar-refractivity contribution in [3.05, 3.63) is 53.0 Å². The molecule has 5 heteroatoms. The molecule has 1 atom stereocenters. The van der Waals surface area contributed by atoms with Crippen LogP contribution in [0.3, 0.4) is 0 Å². The van der Waals surface area contributed by atoms with E-state index in [9.17, 15) is 4.79 Å². The molecule has 1 aliphatic heterocycles. The van der Waals surface area contributed by atoms with Gasteiger partial charge in [0, 0.05) is 5.56 Å². The molecule has 2 heterocycles. The van der Waals surface area contributed by atoms with E-state index in [1.807, 2.05) is 19.1 Å². The molecule has 0 saturated carbocycles. The summed E-state index contributed by atoms with van der Waals surface area (Å²) in [6.07, 6.45) is 1.63. The summed E-state index contributed by atoms with van der Waals surface area (Å²) < 4.78 is 10.8. The van der Waals surface area contributed by atoms with Crippen LogP contribution in [-0.4, -0.2) is 19.1 Å². The van der Waals surface area contributed by atoms with E-state index < -0.39 is 0 Å². The van der Waals surface area contributed by atoms with E-state index in [1.54, 1.807) is 18.4 Å². The van der Waals surface area contributed by atoms with Crippen LogP contribution in [0.4, 0.5) is 0 Å². The quantitative estimate of drug-likeness (QED) is 0.865. The lowest BCUT2D eigenvalue weighted by Crippen LogP contribution is -2.24. The molecule has 3 rings (SSSR count). The number of amides is 1. The number of carbonyl (C=O) groups excluding carboxylic acids is 1. The fourth-order valence-corrected chi connectivity index (χ4v) is 2.47. The van der Waals surface area contributed by atoms with Gasteiger partial charge in [-0.3, -0.25) is 4.79 Å². The average molecular weight is 292 g/mol. The van der Waals surface area contributed by atoms with Crippen molar-refractivity contribution < 1.29 is 13.9 Å². The van der Waals surface area contributed by atoms with Gasteiger partial charge in [-0.15, -0.1) is 11.6 Å². The largest absolute Gasteiger partial charge is 0.491 e. The predicted octanol–water partition coefficient (Wildman–Crippen LogP) is 3.04. The lowest BCUT2D eigenvalue weighted by atomic mass is 10.0. The summed E-state index contributed by atoms with van der Waals surface area (Å²) in [6.45, 7) is 2.85. The molecule has 1 amide bonds. The lowest BCUT2D eigenvalue weighted by molar-refractivity contribution is 0.0957. The van der Waals surface area contributed by atoms with Gasteiger partial charge in [0.2, 0.25) is 0 Å². The number of hydrogen-bond donors (Lipinski definition) is 1. The summed E-state index contributed by atoms with van der Waals surface area (Å²) in [5.41, 5.74) is 2.23. The maximum Gasteiger partial charge on any atom is 0.255 e. The molecule has 1 aliphatic rings. The van der Waals surface area contributed by atoms with E-state index in [0.717, 1.165) is 16.9 Å². The highest BCUT2D eigenvalue weighted by atomic mass is 35.5. The third-order valence-electron chi connectivity index (χ3n) is 3.23. The maximum atomic E-state index is 12.0. The Kier molecular flexibility index (Phi) is 3.40. The molecule has 0 spiro atoms. The minimum Gasteiger partial charge on any atom is -0.491 e. The molecule has 0 aliphatic carbocycles. The highest BCUT2D eigenvalue weighted by Crippen LogP contribution is 2.33. The first-order valence-electron chi connectivity index (χ1n) is 6.39. The van der Waals surface area contributed by atoms with Crippen molar-refractivity contribution >= 4 is 17.5 Å². The molecule has 2 aromatic rings. The van der Waals surface area contributed by atoms with Crippen molar-refractivity contribution in [1.82, 2.24) is 5.32 Å². The van der Waals surface area contributed by atoms with E-state index in [-0.39, 0.29) is 11.3 Å². The Labute approximate surface area is 121 Å². The Balaban J connectivity index is 1.97. The van der Waals surface area contributed by atoms with Crippen LogP contribution in [0.25, 0.3) is 0 Å². The van der Waals surface area contributed by atoms with Crippen LogP contribution in [0.1, 0.15) is 32.6 Å². The van der Waals surface area contributed by atoms with Crippen LogP contribution < -0.4 is 10.1 Å². The predicted molar refractivity (Wildman–Crippen MR) is 75.4 cm³/mol. The van der Waals surface area contributed by atoms with Crippen molar-refractivity contribution in [2.45, 2.75) is 12.3 Å². The molecular weight excluding hydrogens is 278 g/mol. The lowest BCUT2D eigenvalue weighted by Gasteiger charge is -2.11. The summed E-state index contributed by atoms with van der Waals surface area (Å²) in [4.78, 5) is 12.0. The smallest absolute Gasteiger partial charge is 0.255 e. The van der Waals surface area contributed by atoms with E-state index >= 15 is 0 Å². The highest BCUT2D eigenvalue weighted by Gasteiger charge is 2.20. The van der Waals surface area contributed by atoms with Gasteiger partial charge >= 0.3 is 0 Å². The van der Waals surface area contributed by atoms with Crippen molar-refractivity contribution in [1.29, 1.82) is 0 Å². The first-order valence-corrected chi connectivity index (χ1v) is 6.83. The first-order chi connectivity index (χ1) is 9.65. The molecule has 1 aromatic heterocycles. The zero-order chi connectivity index (χ0) is 14.1. The van der Waals surface area contributed by atoms with E-state index in [2.05, 4.69) is 5.32 Å². The van der Waals surface area contributed by atoms with Crippen LogP contribution in [-0.2, 0) is 0 Å². The Morgan fingerprint density at radius 2 is 2.15 bits per heavy atom. The van der Waals surface area contributed by atoms with Gasteiger partial charge in [-0.1, -0.05) is 6.07 Å². The summed E-state index contributed by atoms with van der Waals surface area (Å²) in [5.74, 6) is 1.27. The Morgan fingerprint density at radius 3 is 2.90 bits per heavy atom. The van der Waals surface area contributed by atoms with Gasteiger partial charge in [0.05, 0.1) is 23.7 Å². The molecule has 20 heavy (non-hydrogen) atoms. The number of furan rings is 1. The number of halogens is 1. The topological polar surface area (TPSA) is 51.5 Å². The molecule has 0 radical (unpaired) electrons. The van der Waals surface area contributed by atoms with E-state index in [4.69, 9.17) is 20.8 Å². The van der Waals surface area contributed by atoms with Crippen molar-refractivity contribution in [3.8, 4) is 5.75 Å². The van der Waals surface area contributed by atoms with Gasteiger partial charge in [-0.05, 0) is 30.7 Å². The third-order valence-corrected chi connectivity index (χ3v) is 3.73. The van der Waals surface area contributed by atoms with Gasteiger partial charge in [0.15, 0.2) is 0 Å².